The molecular weight excluding hydrogens is 238 g/mol. The van der Waals surface area contributed by atoms with Crippen LogP contribution in [-0.4, -0.2) is 24.4 Å². The van der Waals surface area contributed by atoms with Crippen molar-refractivity contribution in [3.05, 3.63) is 18.1 Å². The van der Waals surface area contributed by atoms with Crippen LogP contribution in [0.4, 0.5) is 0 Å². The first-order valence-electron chi connectivity index (χ1n) is 5.51. The Hall–Kier alpha value is -0.940. The number of hydrogen-bond donors (Lipinski definition) is 1. The molecule has 0 aliphatic heterocycles. The Morgan fingerprint density at radius 2 is 2.35 bits per heavy atom. The van der Waals surface area contributed by atoms with E-state index < -0.39 is 5.54 Å². The van der Waals surface area contributed by atoms with E-state index in [4.69, 9.17) is 10.2 Å². The molecule has 1 unspecified atom stereocenters. The first-order chi connectivity index (χ1) is 7.97. The normalized spacial score (nSPS) is 14.4. The van der Waals surface area contributed by atoms with E-state index in [1.54, 1.807) is 24.9 Å². The summed E-state index contributed by atoms with van der Waals surface area (Å²) in [7, 11) is 1.36. The number of thioether (sulfide) groups is 1. The molecule has 17 heavy (non-hydrogen) atoms. The summed E-state index contributed by atoms with van der Waals surface area (Å²) in [5.41, 5.74) is 4.97. The lowest BCUT2D eigenvalue weighted by atomic mass is 9.98. The summed E-state index contributed by atoms with van der Waals surface area (Å²) in [6.45, 7) is 3.64. The van der Waals surface area contributed by atoms with Gasteiger partial charge in [0, 0.05) is 4.90 Å². The van der Waals surface area contributed by atoms with Gasteiger partial charge in [0.15, 0.2) is 0 Å². The second-order valence-corrected chi connectivity index (χ2v) is 5.34. The summed E-state index contributed by atoms with van der Waals surface area (Å²) < 4.78 is 9.85. The number of rotatable bonds is 6. The number of carbonyl (C=O) groups excluding carboxylic acids is 1. The Bertz CT molecular complexity index is 374. The van der Waals surface area contributed by atoms with Crippen LogP contribution in [0.2, 0.25) is 0 Å². The number of aryl methyl sites for hydroxylation is 1. The van der Waals surface area contributed by atoms with Crippen LogP contribution in [0, 0.1) is 6.92 Å². The van der Waals surface area contributed by atoms with Crippen LogP contribution in [0.15, 0.2) is 21.6 Å². The van der Waals surface area contributed by atoms with Gasteiger partial charge in [0.05, 0.1) is 13.4 Å². The highest BCUT2D eigenvalue weighted by Gasteiger charge is 2.28. The van der Waals surface area contributed by atoms with Gasteiger partial charge in [-0.25, -0.2) is 0 Å². The summed E-state index contributed by atoms with van der Waals surface area (Å²) in [4.78, 5) is 12.5. The molecule has 0 aromatic carbocycles. The molecule has 0 radical (unpaired) electrons. The van der Waals surface area contributed by atoms with Gasteiger partial charge in [0.1, 0.15) is 11.3 Å². The van der Waals surface area contributed by atoms with Crippen molar-refractivity contribution in [2.45, 2.75) is 37.1 Å². The van der Waals surface area contributed by atoms with Gasteiger partial charge in [-0.3, -0.25) is 4.79 Å². The molecule has 5 heteroatoms. The number of methoxy groups -OCH3 is 1. The molecule has 1 atom stereocenters. The Balaban J connectivity index is 2.29. The van der Waals surface area contributed by atoms with Crippen LogP contribution in [0.25, 0.3) is 0 Å². The van der Waals surface area contributed by atoms with Crippen molar-refractivity contribution in [2.24, 2.45) is 5.73 Å². The zero-order valence-corrected chi connectivity index (χ0v) is 11.3. The van der Waals surface area contributed by atoms with Crippen molar-refractivity contribution in [3.8, 4) is 0 Å². The largest absolute Gasteiger partial charge is 0.468 e. The van der Waals surface area contributed by atoms with E-state index in [-0.39, 0.29) is 5.97 Å². The van der Waals surface area contributed by atoms with E-state index in [2.05, 4.69) is 4.74 Å². The lowest BCUT2D eigenvalue weighted by molar-refractivity contribution is -0.146. The van der Waals surface area contributed by atoms with Gasteiger partial charge in [-0.1, -0.05) is 0 Å². The van der Waals surface area contributed by atoms with Crippen molar-refractivity contribution in [2.75, 3.05) is 12.9 Å². The molecule has 0 aliphatic carbocycles. The highest BCUT2D eigenvalue weighted by atomic mass is 32.2. The number of hydrogen-bond acceptors (Lipinski definition) is 5. The Kier molecular flexibility index (Phi) is 5.08. The van der Waals surface area contributed by atoms with Crippen molar-refractivity contribution in [3.63, 3.8) is 0 Å². The average Bonchev–Trinajstić information content (AvgIpc) is 2.69. The van der Waals surface area contributed by atoms with E-state index in [1.165, 1.54) is 7.11 Å². The van der Waals surface area contributed by atoms with Crippen molar-refractivity contribution in [1.29, 1.82) is 0 Å². The molecule has 1 heterocycles. The molecule has 0 spiro atoms. The van der Waals surface area contributed by atoms with E-state index in [0.29, 0.717) is 6.42 Å². The summed E-state index contributed by atoms with van der Waals surface area (Å²) >= 11 is 1.71. The molecule has 1 aromatic heterocycles. The first kappa shape index (κ1) is 14.1. The van der Waals surface area contributed by atoms with Crippen LogP contribution in [-0.2, 0) is 9.53 Å². The maximum absolute atomic E-state index is 11.3. The second kappa shape index (κ2) is 6.12. The average molecular weight is 257 g/mol. The molecule has 0 saturated heterocycles. The SMILES string of the molecule is COC(=O)C(C)(N)CCCSc1ccoc1C. The number of ether oxygens (including phenoxy) is 1. The van der Waals surface area contributed by atoms with Crippen molar-refractivity contribution in [1.82, 2.24) is 0 Å². The monoisotopic (exact) mass is 257 g/mol. The molecule has 2 N–H and O–H groups in total. The fourth-order valence-electron chi connectivity index (χ4n) is 1.48. The Morgan fingerprint density at radius 1 is 1.65 bits per heavy atom. The number of nitrogens with two attached hydrogens (primary N) is 1. The van der Waals surface area contributed by atoms with Gasteiger partial charge in [-0.05, 0) is 38.5 Å². The molecule has 0 amide bonds. The fourth-order valence-corrected chi connectivity index (χ4v) is 2.39. The predicted molar refractivity (Wildman–Crippen MR) is 68.0 cm³/mol. The van der Waals surface area contributed by atoms with Gasteiger partial charge < -0.3 is 14.9 Å². The van der Waals surface area contributed by atoms with Gasteiger partial charge in [0.25, 0.3) is 0 Å². The maximum Gasteiger partial charge on any atom is 0.325 e. The van der Waals surface area contributed by atoms with E-state index >= 15 is 0 Å². The zero-order valence-electron chi connectivity index (χ0n) is 10.5. The topological polar surface area (TPSA) is 65.5 Å². The maximum atomic E-state index is 11.3. The highest BCUT2D eigenvalue weighted by molar-refractivity contribution is 7.99. The molecule has 0 bridgehead atoms. The molecule has 0 fully saturated rings. The lowest BCUT2D eigenvalue weighted by Crippen LogP contribution is -2.45. The molecule has 0 saturated carbocycles. The summed E-state index contributed by atoms with van der Waals surface area (Å²) in [5, 5.41) is 0. The minimum atomic E-state index is -0.888. The van der Waals surface area contributed by atoms with E-state index in [9.17, 15) is 4.79 Å². The quantitative estimate of drug-likeness (QED) is 0.481. The number of esters is 1. The molecule has 96 valence electrons. The van der Waals surface area contributed by atoms with Crippen LogP contribution < -0.4 is 5.73 Å². The number of furan rings is 1. The molecular formula is C12H19NO3S. The smallest absolute Gasteiger partial charge is 0.325 e. The third kappa shape index (κ3) is 4.09. The minimum absolute atomic E-state index is 0.359. The first-order valence-corrected chi connectivity index (χ1v) is 6.50. The Labute approximate surface area is 106 Å². The predicted octanol–water partition coefficient (Wildman–Crippen LogP) is 2.35. The fraction of sp³-hybridized carbons (Fsp3) is 0.583. The highest BCUT2D eigenvalue weighted by Crippen LogP contribution is 2.25. The van der Waals surface area contributed by atoms with Gasteiger partial charge >= 0.3 is 5.97 Å². The standard InChI is InChI=1S/C12H19NO3S/c1-9-10(5-7-16-9)17-8-4-6-12(2,13)11(14)15-3/h5,7H,4,6,8,13H2,1-3H3. The zero-order chi connectivity index (χ0) is 12.9. The second-order valence-electron chi connectivity index (χ2n) is 4.20. The van der Waals surface area contributed by atoms with E-state index in [1.807, 2.05) is 13.0 Å². The lowest BCUT2D eigenvalue weighted by Gasteiger charge is -2.20. The van der Waals surface area contributed by atoms with Crippen LogP contribution in [0.5, 0.6) is 0 Å². The molecule has 1 rings (SSSR count). The summed E-state index contributed by atoms with van der Waals surface area (Å²) in [6.07, 6.45) is 3.15. The van der Waals surface area contributed by atoms with Gasteiger partial charge in [-0.15, -0.1) is 11.8 Å². The number of carbonyl (C=O) groups is 1. The van der Waals surface area contributed by atoms with Gasteiger partial charge in [0.2, 0.25) is 0 Å². The van der Waals surface area contributed by atoms with Gasteiger partial charge in [-0.2, -0.15) is 0 Å². The minimum Gasteiger partial charge on any atom is -0.468 e. The van der Waals surface area contributed by atoms with Crippen molar-refractivity contribution >= 4 is 17.7 Å². The summed E-state index contributed by atoms with van der Waals surface area (Å²) in [6, 6.07) is 1.95. The summed E-state index contributed by atoms with van der Waals surface area (Å²) in [5.74, 6) is 1.48. The van der Waals surface area contributed by atoms with Crippen molar-refractivity contribution < 1.29 is 13.9 Å². The molecule has 0 aliphatic rings. The van der Waals surface area contributed by atoms with Crippen LogP contribution in [0.3, 0.4) is 0 Å². The van der Waals surface area contributed by atoms with Crippen LogP contribution >= 0.6 is 11.8 Å². The molecule has 4 nitrogen and oxygen atoms in total. The van der Waals surface area contributed by atoms with E-state index in [0.717, 1.165) is 22.8 Å². The third-order valence-electron chi connectivity index (χ3n) is 2.56. The third-order valence-corrected chi connectivity index (χ3v) is 3.79. The van der Waals surface area contributed by atoms with Crippen LogP contribution in [0.1, 0.15) is 25.5 Å². The Morgan fingerprint density at radius 3 is 2.88 bits per heavy atom. The molecule has 1 aromatic rings.